The molecule has 0 spiro atoms. The number of halogens is 1. The number of nitrogens with one attached hydrogen (secondary N) is 1. The first-order valence-electron chi connectivity index (χ1n) is 6.82. The lowest BCUT2D eigenvalue weighted by atomic mass is 9.88. The van der Waals surface area contributed by atoms with Crippen molar-refractivity contribution in [3.8, 4) is 5.88 Å². The van der Waals surface area contributed by atoms with E-state index in [4.69, 9.17) is 16.3 Å². The van der Waals surface area contributed by atoms with Gasteiger partial charge in [0.15, 0.2) is 0 Å². The molecule has 0 aliphatic carbocycles. The maximum atomic E-state index is 5.73. The molecule has 0 aliphatic rings. The summed E-state index contributed by atoms with van der Waals surface area (Å²) in [5.74, 6) is 2.04. The van der Waals surface area contributed by atoms with E-state index in [0.717, 1.165) is 31.6 Å². The number of anilines is 1. The maximum Gasteiger partial charge on any atom is 0.234 e. The first kappa shape index (κ1) is 16.0. The van der Waals surface area contributed by atoms with Gasteiger partial charge in [-0.25, -0.2) is 0 Å². The molecule has 0 radical (unpaired) electrons. The zero-order valence-electron chi connectivity index (χ0n) is 12.1. The Morgan fingerprint density at radius 2 is 2.16 bits per heavy atom. The van der Waals surface area contributed by atoms with Crippen LogP contribution < -0.4 is 10.1 Å². The fraction of sp³-hybridized carbons (Fsp3) is 0.714. The Balaban J connectivity index is 2.48. The summed E-state index contributed by atoms with van der Waals surface area (Å²) in [5.41, 5.74) is 0.191. The highest BCUT2D eigenvalue weighted by atomic mass is 35.5. The van der Waals surface area contributed by atoms with Crippen molar-refractivity contribution in [2.45, 2.75) is 40.0 Å². The summed E-state index contributed by atoms with van der Waals surface area (Å²) in [6.45, 7) is 8.01. The van der Waals surface area contributed by atoms with Crippen molar-refractivity contribution < 1.29 is 4.74 Å². The second kappa shape index (κ2) is 8.20. The largest absolute Gasteiger partial charge is 0.477 e. The van der Waals surface area contributed by atoms with Crippen molar-refractivity contribution in [2.75, 3.05) is 24.3 Å². The molecular formula is C14H24ClN3O. The number of aromatic nitrogens is 2. The molecule has 1 heterocycles. The highest BCUT2D eigenvalue weighted by Crippen LogP contribution is 2.23. The zero-order valence-corrected chi connectivity index (χ0v) is 12.8. The van der Waals surface area contributed by atoms with E-state index in [0.29, 0.717) is 18.4 Å². The monoisotopic (exact) mass is 285 g/mol. The number of nitrogens with zero attached hydrogens (tertiary/aromatic N) is 2. The lowest BCUT2D eigenvalue weighted by molar-refractivity contribution is 0.304. The van der Waals surface area contributed by atoms with E-state index in [1.54, 1.807) is 12.4 Å². The minimum Gasteiger partial charge on any atom is -0.477 e. The van der Waals surface area contributed by atoms with Crippen LogP contribution in [0.3, 0.4) is 0 Å². The van der Waals surface area contributed by atoms with Crippen LogP contribution in [0, 0.1) is 5.41 Å². The average molecular weight is 286 g/mol. The minimum atomic E-state index is 0.191. The highest BCUT2D eigenvalue weighted by Gasteiger charge is 2.17. The molecule has 0 fully saturated rings. The predicted molar refractivity (Wildman–Crippen MR) is 80.0 cm³/mol. The maximum absolute atomic E-state index is 5.73. The summed E-state index contributed by atoms with van der Waals surface area (Å²) in [6, 6.07) is 0. The fourth-order valence-electron chi connectivity index (χ4n) is 1.67. The van der Waals surface area contributed by atoms with Crippen molar-refractivity contribution in [2.24, 2.45) is 5.41 Å². The second-order valence-corrected chi connectivity index (χ2v) is 5.78. The van der Waals surface area contributed by atoms with Crippen molar-refractivity contribution >= 4 is 17.4 Å². The molecule has 1 aromatic rings. The normalized spacial score (nSPS) is 11.4. The van der Waals surface area contributed by atoms with Crippen LogP contribution in [0.15, 0.2) is 12.4 Å². The Labute approximate surface area is 120 Å². The number of alkyl halides is 1. The lowest BCUT2D eigenvalue weighted by Crippen LogP contribution is -2.23. The number of hydrogen-bond acceptors (Lipinski definition) is 4. The molecule has 0 unspecified atom stereocenters. The van der Waals surface area contributed by atoms with Gasteiger partial charge in [0, 0.05) is 12.4 Å². The molecule has 0 aliphatic heterocycles. The van der Waals surface area contributed by atoms with Crippen LogP contribution in [0.2, 0.25) is 0 Å². The molecule has 1 N–H and O–H groups in total. The Morgan fingerprint density at radius 3 is 2.84 bits per heavy atom. The van der Waals surface area contributed by atoms with Gasteiger partial charge in [0.2, 0.25) is 5.88 Å². The molecule has 0 saturated carbocycles. The van der Waals surface area contributed by atoms with Crippen LogP contribution in [-0.2, 0) is 0 Å². The number of ether oxygens (including phenoxy) is 1. The molecule has 108 valence electrons. The summed E-state index contributed by atoms with van der Waals surface area (Å²) >= 11 is 5.73. The first-order valence-corrected chi connectivity index (χ1v) is 7.35. The summed E-state index contributed by atoms with van der Waals surface area (Å²) in [4.78, 5) is 8.50. The van der Waals surface area contributed by atoms with Gasteiger partial charge in [-0.1, -0.05) is 20.8 Å². The van der Waals surface area contributed by atoms with Crippen molar-refractivity contribution in [1.29, 1.82) is 0 Å². The van der Waals surface area contributed by atoms with E-state index in [1.165, 1.54) is 0 Å². The van der Waals surface area contributed by atoms with Crippen molar-refractivity contribution in [3.05, 3.63) is 12.4 Å². The summed E-state index contributed by atoms with van der Waals surface area (Å²) in [7, 11) is 0. The Morgan fingerprint density at radius 1 is 1.37 bits per heavy atom. The van der Waals surface area contributed by atoms with Gasteiger partial charge in [0.1, 0.15) is 5.82 Å². The summed E-state index contributed by atoms with van der Waals surface area (Å²) < 4.78 is 5.46. The van der Waals surface area contributed by atoms with Gasteiger partial charge < -0.3 is 10.1 Å². The molecule has 1 aromatic heterocycles. The van der Waals surface area contributed by atoms with E-state index in [-0.39, 0.29) is 5.41 Å². The standard InChI is InChI=1S/C14H24ClN3O/c1-4-8-19-13-10-16-9-12(18-13)17-11-14(2,3)6-5-7-15/h9-10H,4-8,11H2,1-3H3,(H,17,18). The molecule has 0 amide bonds. The average Bonchev–Trinajstić information content (AvgIpc) is 2.41. The fourth-order valence-corrected chi connectivity index (χ4v) is 1.81. The van der Waals surface area contributed by atoms with E-state index in [9.17, 15) is 0 Å². The Hall–Kier alpha value is -1.03. The van der Waals surface area contributed by atoms with E-state index in [1.807, 2.05) is 0 Å². The third-order valence-electron chi connectivity index (χ3n) is 2.80. The zero-order chi connectivity index (χ0) is 14.1. The van der Waals surface area contributed by atoms with Crippen LogP contribution >= 0.6 is 11.6 Å². The van der Waals surface area contributed by atoms with Crippen molar-refractivity contribution in [3.63, 3.8) is 0 Å². The van der Waals surface area contributed by atoms with Gasteiger partial charge in [0.05, 0.1) is 19.0 Å². The van der Waals surface area contributed by atoms with Gasteiger partial charge in [-0.2, -0.15) is 4.98 Å². The van der Waals surface area contributed by atoms with Crippen LogP contribution in [0.25, 0.3) is 0 Å². The van der Waals surface area contributed by atoms with Crippen molar-refractivity contribution in [1.82, 2.24) is 9.97 Å². The summed E-state index contributed by atoms with van der Waals surface area (Å²) in [5, 5.41) is 3.31. The SMILES string of the molecule is CCCOc1cncc(NCC(C)(C)CCCCl)n1. The van der Waals surface area contributed by atoms with E-state index in [2.05, 4.69) is 36.1 Å². The molecule has 5 heteroatoms. The molecular weight excluding hydrogens is 262 g/mol. The molecule has 1 rings (SSSR count). The van der Waals surface area contributed by atoms with Crippen LogP contribution in [0.1, 0.15) is 40.0 Å². The third kappa shape index (κ3) is 6.62. The Bertz CT molecular complexity index is 371. The van der Waals surface area contributed by atoms with Gasteiger partial charge in [-0.3, -0.25) is 4.98 Å². The van der Waals surface area contributed by atoms with Gasteiger partial charge in [0.25, 0.3) is 0 Å². The smallest absolute Gasteiger partial charge is 0.234 e. The van der Waals surface area contributed by atoms with E-state index < -0.39 is 0 Å². The molecule has 0 atom stereocenters. The van der Waals surface area contributed by atoms with Gasteiger partial charge in [-0.15, -0.1) is 11.6 Å². The quantitative estimate of drug-likeness (QED) is 0.703. The summed E-state index contributed by atoms with van der Waals surface area (Å²) in [6.07, 6.45) is 6.44. The molecule has 4 nitrogen and oxygen atoms in total. The minimum absolute atomic E-state index is 0.191. The van der Waals surface area contributed by atoms with Gasteiger partial charge in [-0.05, 0) is 24.7 Å². The first-order chi connectivity index (χ1) is 9.07. The molecule has 0 bridgehead atoms. The predicted octanol–water partition coefficient (Wildman–Crippen LogP) is 3.72. The van der Waals surface area contributed by atoms with Crippen LogP contribution in [0.4, 0.5) is 5.82 Å². The molecule has 0 aromatic carbocycles. The molecule has 19 heavy (non-hydrogen) atoms. The second-order valence-electron chi connectivity index (χ2n) is 5.40. The van der Waals surface area contributed by atoms with Crippen LogP contribution in [-0.4, -0.2) is 29.0 Å². The van der Waals surface area contributed by atoms with E-state index >= 15 is 0 Å². The van der Waals surface area contributed by atoms with Crippen LogP contribution in [0.5, 0.6) is 5.88 Å². The topological polar surface area (TPSA) is 47.0 Å². The highest BCUT2D eigenvalue weighted by molar-refractivity contribution is 6.17. The lowest BCUT2D eigenvalue weighted by Gasteiger charge is -2.24. The number of hydrogen-bond donors (Lipinski definition) is 1. The molecule has 0 saturated heterocycles. The van der Waals surface area contributed by atoms with Gasteiger partial charge >= 0.3 is 0 Å². The number of rotatable bonds is 9. The Kier molecular flexibility index (Phi) is 6.92. The third-order valence-corrected chi connectivity index (χ3v) is 3.07.